The predicted molar refractivity (Wildman–Crippen MR) is 94.4 cm³/mol. The number of aryl methyl sites for hydroxylation is 1. The molecule has 0 aliphatic heterocycles. The molecular formula is C19H20F2N2O3. The molecule has 0 saturated heterocycles. The summed E-state index contributed by atoms with van der Waals surface area (Å²) in [5.74, 6) is -0.312. The molecule has 0 spiro atoms. The molecule has 0 aliphatic rings. The number of carbonyl (C=O) groups excluding carboxylic acids is 1. The summed E-state index contributed by atoms with van der Waals surface area (Å²) in [7, 11) is 0. The van der Waals surface area contributed by atoms with Gasteiger partial charge in [-0.2, -0.15) is 8.78 Å². The number of amides is 1. The van der Waals surface area contributed by atoms with E-state index in [2.05, 4.69) is 15.2 Å². The van der Waals surface area contributed by atoms with E-state index in [0.717, 1.165) is 12.8 Å². The van der Waals surface area contributed by atoms with Gasteiger partial charge in [-0.1, -0.05) is 47.6 Å². The molecule has 2 rings (SSSR count). The normalized spacial score (nSPS) is 10.9. The highest BCUT2D eigenvalue weighted by Gasteiger charge is 2.07. The number of para-hydroxylation sites is 1. The van der Waals surface area contributed by atoms with Crippen molar-refractivity contribution in [2.24, 2.45) is 5.16 Å². The fraction of sp³-hybridized carbons (Fsp3) is 0.263. The predicted octanol–water partition coefficient (Wildman–Crippen LogP) is 3.39. The Bertz CT molecular complexity index is 709. The number of rotatable bonds is 10. The molecular weight excluding hydrogens is 342 g/mol. The number of oxime groups is 1. The van der Waals surface area contributed by atoms with Crippen molar-refractivity contribution in [3.05, 3.63) is 65.7 Å². The molecule has 0 aliphatic carbocycles. The molecule has 0 unspecified atom stereocenters. The van der Waals surface area contributed by atoms with Gasteiger partial charge in [0.05, 0.1) is 6.21 Å². The van der Waals surface area contributed by atoms with Crippen LogP contribution in [0, 0.1) is 0 Å². The van der Waals surface area contributed by atoms with Crippen LogP contribution >= 0.6 is 0 Å². The molecule has 0 fully saturated rings. The maximum Gasteiger partial charge on any atom is 0.387 e. The Morgan fingerprint density at radius 3 is 2.62 bits per heavy atom. The van der Waals surface area contributed by atoms with Gasteiger partial charge in [0.1, 0.15) is 5.75 Å². The fourth-order valence-electron chi connectivity index (χ4n) is 2.20. The summed E-state index contributed by atoms with van der Waals surface area (Å²) in [6.45, 7) is -2.64. The first kappa shape index (κ1) is 19.4. The molecule has 5 nitrogen and oxygen atoms in total. The Morgan fingerprint density at radius 1 is 1.12 bits per heavy atom. The van der Waals surface area contributed by atoms with E-state index in [1.165, 1.54) is 17.8 Å². The molecule has 0 atom stereocenters. The second-order valence-electron chi connectivity index (χ2n) is 5.36. The molecule has 26 heavy (non-hydrogen) atoms. The first-order chi connectivity index (χ1) is 12.6. The number of hydrogen-bond donors (Lipinski definition) is 1. The summed E-state index contributed by atoms with van der Waals surface area (Å²) >= 11 is 0. The second-order valence-corrected chi connectivity index (χ2v) is 5.36. The minimum atomic E-state index is -2.92. The zero-order valence-electron chi connectivity index (χ0n) is 14.1. The van der Waals surface area contributed by atoms with Crippen LogP contribution in [0.4, 0.5) is 8.78 Å². The lowest BCUT2D eigenvalue weighted by Gasteiger charge is -2.07. The number of alkyl halides is 2. The van der Waals surface area contributed by atoms with Gasteiger partial charge in [0, 0.05) is 12.1 Å². The maximum atomic E-state index is 12.3. The molecule has 2 aromatic rings. The SMILES string of the molecule is O=C(CO/N=C/c1ccccc1OC(F)F)NCCCc1ccccc1. The van der Waals surface area contributed by atoms with E-state index < -0.39 is 6.61 Å². The molecule has 7 heteroatoms. The van der Waals surface area contributed by atoms with Crippen LogP contribution in [0.15, 0.2) is 59.8 Å². The highest BCUT2D eigenvalue weighted by Crippen LogP contribution is 2.18. The first-order valence-corrected chi connectivity index (χ1v) is 8.15. The minimum absolute atomic E-state index is 0.0137. The van der Waals surface area contributed by atoms with E-state index in [1.807, 2.05) is 30.3 Å². The third kappa shape index (κ3) is 7.29. The van der Waals surface area contributed by atoms with Crippen LogP contribution in [0.3, 0.4) is 0 Å². The first-order valence-electron chi connectivity index (χ1n) is 8.15. The van der Waals surface area contributed by atoms with E-state index in [0.29, 0.717) is 12.1 Å². The molecule has 0 aromatic heterocycles. The molecule has 0 saturated carbocycles. The Kier molecular flexibility index (Phi) is 8.05. The van der Waals surface area contributed by atoms with Gasteiger partial charge >= 0.3 is 6.61 Å². The lowest BCUT2D eigenvalue weighted by atomic mass is 10.1. The number of halogens is 2. The van der Waals surface area contributed by atoms with Crippen molar-refractivity contribution in [3.63, 3.8) is 0 Å². The lowest BCUT2D eigenvalue weighted by molar-refractivity contribution is -0.125. The average molecular weight is 362 g/mol. The Balaban J connectivity index is 1.66. The number of hydrogen-bond acceptors (Lipinski definition) is 4. The smallest absolute Gasteiger partial charge is 0.387 e. The van der Waals surface area contributed by atoms with Crippen LogP contribution in [-0.4, -0.2) is 31.9 Å². The van der Waals surface area contributed by atoms with Gasteiger partial charge in [-0.05, 0) is 30.5 Å². The van der Waals surface area contributed by atoms with Crippen LogP contribution in [0.25, 0.3) is 0 Å². The van der Waals surface area contributed by atoms with Crippen molar-refractivity contribution >= 4 is 12.1 Å². The Labute approximate surface area is 150 Å². The van der Waals surface area contributed by atoms with Crippen molar-refractivity contribution in [1.82, 2.24) is 5.32 Å². The van der Waals surface area contributed by atoms with Gasteiger partial charge in [-0.25, -0.2) is 0 Å². The van der Waals surface area contributed by atoms with E-state index in [4.69, 9.17) is 4.84 Å². The average Bonchev–Trinajstić information content (AvgIpc) is 2.64. The van der Waals surface area contributed by atoms with Gasteiger partial charge < -0.3 is 14.9 Å². The fourth-order valence-corrected chi connectivity index (χ4v) is 2.20. The monoisotopic (exact) mass is 362 g/mol. The molecule has 1 N–H and O–H groups in total. The summed E-state index contributed by atoms with van der Waals surface area (Å²) in [5, 5.41) is 6.34. The number of ether oxygens (including phenoxy) is 1. The molecule has 2 aromatic carbocycles. The molecule has 1 amide bonds. The summed E-state index contributed by atoms with van der Waals surface area (Å²) < 4.78 is 29.0. The number of nitrogens with zero attached hydrogens (tertiary/aromatic N) is 1. The third-order valence-corrected chi connectivity index (χ3v) is 3.40. The highest BCUT2D eigenvalue weighted by molar-refractivity contribution is 5.83. The summed E-state index contributed by atoms with van der Waals surface area (Å²) in [4.78, 5) is 16.5. The van der Waals surface area contributed by atoms with Crippen molar-refractivity contribution < 1.29 is 23.1 Å². The van der Waals surface area contributed by atoms with Gasteiger partial charge in [-0.3, -0.25) is 4.79 Å². The van der Waals surface area contributed by atoms with Crippen molar-refractivity contribution in [1.29, 1.82) is 0 Å². The summed E-state index contributed by atoms with van der Waals surface area (Å²) in [6.07, 6.45) is 2.92. The van der Waals surface area contributed by atoms with E-state index in [1.54, 1.807) is 18.2 Å². The number of nitrogens with one attached hydrogen (secondary N) is 1. The number of benzene rings is 2. The molecule has 0 bridgehead atoms. The van der Waals surface area contributed by atoms with Crippen molar-refractivity contribution in [2.75, 3.05) is 13.2 Å². The largest absolute Gasteiger partial charge is 0.434 e. The molecule has 138 valence electrons. The third-order valence-electron chi connectivity index (χ3n) is 3.40. The van der Waals surface area contributed by atoms with Crippen molar-refractivity contribution in [3.8, 4) is 5.75 Å². The zero-order valence-corrected chi connectivity index (χ0v) is 14.1. The van der Waals surface area contributed by atoms with Crippen LogP contribution in [-0.2, 0) is 16.1 Å². The molecule has 0 heterocycles. The van der Waals surface area contributed by atoms with E-state index >= 15 is 0 Å². The summed E-state index contributed by atoms with van der Waals surface area (Å²) in [5.41, 5.74) is 1.54. The lowest BCUT2D eigenvalue weighted by Crippen LogP contribution is -2.28. The minimum Gasteiger partial charge on any atom is -0.434 e. The highest BCUT2D eigenvalue weighted by atomic mass is 19.3. The maximum absolute atomic E-state index is 12.3. The van der Waals surface area contributed by atoms with Crippen molar-refractivity contribution in [2.45, 2.75) is 19.5 Å². The molecule has 0 radical (unpaired) electrons. The van der Waals surface area contributed by atoms with Gasteiger partial charge in [0.25, 0.3) is 5.91 Å². The van der Waals surface area contributed by atoms with Crippen LogP contribution < -0.4 is 10.1 Å². The van der Waals surface area contributed by atoms with Crippen LogP contribution in [0.1, 0.15) is 17.5 Å². The summed E-state index contributed by atoms with van der Waals surface area (Å²) in [6, 6.07) is 16.2. The zero-order chi connectivity index (χ0) is 18.6. The second kappa shape index (κ2) is 10.8. The van der Waals surface area contributed by atoms with Gasteiger partial charge in [0.15, 0.2) is 6.61 Å². The Hall–Kier alpha value is -2.96. The Morgan fingerprint density at radius 2 is 1.85 bits per heavy atom. The van der Waals surface area contributed by atoms with Gasteiger partial charge in [0.2, 0.25) is 0 Å². The van der Waals surface area contributed by atoms with Gasteiger partial charge in [-0.15, -0.1) is 0 Å². The van der Waals surface area contributed by atoms with Crippen LogP contribution in [0.5, 0.6) is 5.75 Å². The van der Waals surface area contributed by atoms with E-state index in [9.17, 15) is 13.6 Å². The standard InChI is InChI=1S/C19H20F2N2O3/c20-19(21)26-17-11-5-4-10-16(17)13-23-25-14-18(24)22-12-6-9-15-7-2-1-3-8-15/h1-5,7-8,10-11,13,19H,6,9,12,14H2,(H,22,24)/b23-13+. The topological polar surface area (TPSA) is 59.9 Å². The van der Waals surface area contributed by atoms with Crippen LogP contribution in [0.2, 0.25) is 0 Å². The quantitative estimate of drug-likeness (QED) is 0.400. The van der Waals surface area contributed by atoms with E-state index in [-0.39, 0.29) is 18.3 Å². The number of carbonyl (C=O) groups is 1.